The van der Waals surface area contributed by atoms with Gasteiger partial charge in [-0.3, -0.25) is 4.79 Å². The summed E-state index contributed by atoms with van der Waals surface area (Å²) >= 11 is 5.84. The lowest BCUT2D eigenvalue weighted by Crippen LogP contribution is -2.47. The summed E-state index contributed by atoms with van der Waals surface area (Å²) < 4.78 is 0. The van der Waals surface area contributed by atoms with Gasteiger partial charge in [0.25, 0.3) is 0 Å². The summed E-state index contributed by atoms with van der Waals surface area (Å²) in [6.45, 7) is 3.25. The molecule has 5 nitrogen and oxygen atoms in total. The number of carbonyl (C=O) groups is 2. The van der Waals surface area contributed by atoms with Crippen LogP contribution in [-0.4, -0.2) is 36.0 Å². The summed E-state index contributed by atoms with van der Waals surface area (Å²) in [5.74, 6) is -0.0382. The van der Waals surface area contributed by atoms with E-state index in [9.17, 15) is 9.59 Å². The maximum Gasteiger partial charge on any atom is 0.319 e. The topological polar surface area (TPSA) is 61.4 Å². The molecule has 20 heavy (non-hydrogen) atoms. The number of rotatable bonds is 3. The van der Waals surface area contributed by atoms with Crippen molar-refractivity contribution in [3.05, 3.63) is 29.3 Å². The maximum atomic E-state index is 12.0. The summed E-state index contributed by atoms with van der Waals surface area (Å²) in [6, 6.07) is 5.91. The zero-order valence-corrected chi connectivity index (χ0v) is 12.1. The van der Waals surface area contributed by atoms with Gasteiger partial charge in [0.2, 0.25) is 5.91 Å². The minimum Gasteiger partial charge on any atom is -0.341 e. The van der Waals surface area contributed by atoms with Crippen molar-refractivity contribution < 1.29 is 9.59 Å². The molecule has 1 saturated heterocycles. The SMILES string of the molecule is C[C@@H](NC(=O)Nc1cccc(Cl)c1)C(=O)N1CCCC1. The average molecular weight is 296 g/mol. The Hall–Kier alpha value is -1.75. The first kappa shape index (κ1) is 14.7. The lowest BCUT2D eigenvalue weighted by molar-refractivity contribution is -0.131. The Bertz CT molecular complexity index is 501. The van der Waals surface area contributed by atoms with E-state index in [1.807, 2.05) is 0 Å². The molecule has 108 valence electrons. The predicted molar refractivity (Wildman–Crippen MR) is 78.9 cm³/mol. The monoisotopic (exact) mass is 295 g/mol. The van der Waals surface area contributed by atoms with Gasteiger partial charge in [0.1, 0.15) is 6.04 Å². The fourth-order valence-electron chi connectivity index (χ4n) is 2.20. The van der Waals surface area contributed by atoms with Crippen molar-refractivity contribution >= 4 is 29.2 Å². The van der Waals surface area contributed by atoms with Gasteiger partial charge in [0.15, 0.2) is 0 Å². The number of hydrogen-bond donors (Lipinski definition) is 2. The van der Waals surface area contributed by atoms with Crippen molar-refractivity contribution in [1.29, 1.82) is 0 Å². The molecule has 0 saturated carbocycles. The van der Waals surface area contributed by atoms with Crippen LogP contribution in [0.1, 0.15) is 19.8 Å². The van der Waals surface area contributed by atoms with Gasteiger partial charge in [-0.25, -0.2) is 4.79 Å². The number of nitrogens with zero attached hydrogens (tertiary/aromatic N) is 1. The smallest absolute Gasteiger partial charge is 0.319 e. The zero-order chi connectivity index (χ0) is 14.5. The van der Waals surface area contributed by atoms with Gasteiger partial charge in [-0.15, -0.1) is 0 Å². The lowest BCUT2D eigenvalue weighted by atomic mass is 10.3. The fourth-order valence-corrected chi connectivity index (χ4v) is 2.39. The third kappa shape index (κ3) is 3.87. The highest BCUT2D eigenvalue weighted by Gasteiger charge is 2.24. The molecule has 2 rings (SSSR count). The number of urea groups is 1. The van der Waals surface area contributed by atoms with Crippen LogP contribution >= 0.6 is 11.6 Å². The quantitative estimate of drug-likeness (QED) is 0.900. The molecule has 1 heterocycles. The van der Waals surface area contributed by atoms with E-state index in [0.29, 0.717) is 10.7 Å². The van der Waals surface area contributed by atoms with E-state index in [1.165, 1.54) is 0 Å². The molecular weight excluding hydrogens is 278 g/mol. The molecule has 1 atom stereocenters. The first-order chi connectivity index (χ1) is 9.56. The summed E-state index contributed by atoms with van der Waals surface area (Å²) in [6.07, 6.45) is 2.07. The van der Waals surface area contributed by atoms with Crippen LogP contribution < -0.4 is 10.6 Å². The highest BCUT2D eigenvalue weighted by Crippen LogP contribution is 2.14. The lowest BCUT2D eigenvalue weighted by Gasteiger charge is -2.21. The van der Waals surface area contributed by atoms with Crippen LogP contribution in [0.5, 0.6) is 0 Å². The van der Waals surface area contributed by atoms with Crippen molar-refractivity contribution in [3.8, 4) is 0 Å². The number of halogens is 1. The predicted octanol–water partition coefficient (Wildman–Crippen LogP) is 2.47. The van der Waals surface area contributed by atoms with E-state index in [-0.39, 0.29) is 5.91 Å². The van der Waals surface area contributed by atoms with Crippen molar-refractivity contribution in [2.75, 3.05) is 18.4 Å². The normalized spacial score (nSPS) is 15.8. The van der Waals surface area contributed by atoms with Gasteiger partial charge < -0.3 is 15.5 Å². The van der Waals surface area contributed by atoms with E-state index in [2.05, 4.69) is 10.6 Å². The average Bonchev–Trinajstić information content (AvgIpc) is 2.91. The Morgan fingerprint density at radius 2 is 2.00 bits per heavy atom. The van der Waals surface area contributed by atoms with E-state index >= 15 is 0 Å². The highest BCUT2D eigenvalue weighted by molar-refractivity contribution is 6.30. The molecule has 0 aliphatic carbocycles. The summed E-state index contributed by atoms with van der Waals surface area (Å²) in [5.41, 5.74) is 0.593. The van der Waals surface area contributed by atoms with Crippen LogP contribution in [0.3, 0.4) is 0 Å². The van der Waals surface area contributed by atoms with Crippen molar-refractivity contribution in [1.82, 2.24) is 10.2 Å². The summed E-state index contributed by atoms with van der Waals surface area (Å²) in [4.78, 5) is 25.6. The second-order valence-corrected chi connectivity index (χ2v) is 5.30. The third-order valence-electron chi connectivity index (χ3n) is 3.22. The second kappa shape index (κ2) is 6.61. The number of amides is 3. The number of likely N-dealkylation sites (tertiary alicyclic amines) is 1. The van der Waals surface area contributed by atoms with Gasteiger partial charge in [-0.05, 0) is 38.0 Å². The first-order valence-corrected chi connectivity index (χ1v) is 7.06. The molecule has 3 amide bonds. The molecular formula is C14H18ClN3O2. The van der Waals surface area contributed by atoms with Crippen LogP contribution in [0.25, 0.3) is 0 Å². The Kier molecular flexibility index (Phi) is 4.84. The van der Waals surface area contributed by atoms with Crippen LogP contribution in [-0.2, 0) is 4.79 Å². The fraction of sp³-hybridized carbons (Fsp3) is 0.429. The van der Waals surface area contributed by atoms with Crippen LogP contribution in [0.15, 0.2) is 24.3 Å². The first-order valence-electron chi connectivity index (χ1n) is 6.68. The number of carbonyl (C=O) groups excluding carboxylic acids is 2. The van der Waals surface area contributed by atoms with E-state index < -0.39 is 12.1 Å². The molecule has 0 radical (unpaired) electrons. The van der Waals surface area contributed by atoms with Gasteiger partial charge in [-0.1, -0.05) is 17.7 Å². The van der Waals surface area contributed by atoms with Crippen LogP contribution in [0.4, 0.5) is 10.5 Å². The molecule has 1 aromatic carbocycles. The molecule has 0 unspecified atom stereocenters. The highest BCUT2D eigenvalue weighted by atomic mass is 35.5. The van der Waals surface area contributed by atoms with Gasteiger partial charge in [0, 0.05) is 23.8 Å². The van der Waals surface area contributed by atoms with Gasteiger partial charge >= 0.3 is 6.03 Å². The minimum atomic E-state index is -0.535. The van der Waals surface area contributed by atoms with Crippen molar-refractivity contribution in [3.63, 3.8) is 0 Å². The Balaban J connectivity index is 1.85. The Labute approximate surface area is 123 Å². The van der Waals surface area contributed by atoms with E-state index in [0.717, 1.165) is 25.9 Å². The Morgan fingerprint density at radius 3 is 2.65 bits per heavy atom. The molecule has 2 N–H and O–H groups in total. The number of anilines is 1. The Morgan fingerprint density at radius 1 is 1.30 bits per heavy atom. The van der Waals surface area contributed by atoms with E-state index in [4.69, 9.17) is 11.6 Å². The standard InChI is InChI=1S/C14H18ClN3O2/c1-10(13(19)18-7-2-3-8-18)16-14(20)17-12-6-4-5-11(15)9-12/h4-6,9-10H,2-3,7-8H2,1H3,(H2,16,17,20)/t10-/m1/s1. The minimum absolute atomic E-state index is 0.0382. The van der Waals surface area contributed by atoms with Gasteiger partial charge in [0.05, 0.1) is 0 Å². The van der Waals surface area contributed by atoms with Crippen LogP contribution in [0.2, 0.25) is 5.02 Å². The van der Waals surface area contributed by atoms with E-state index in [1.54, 1.807) is 36.1 Å². The molecule has 1 aliphatic rings. The molecule has 0 aromatic heterocycles. The second-order valence-electron chi connectivity index (χ2n) is 4.86. The van der Waals surface area contributed by atoms with Gasteiger partial charge in [-0.2, -0.15) is 0 Å². The molecule has 1 fully saturated rings. The van der Waals surface area contributed by atoms with Crippen molar-refractivity contribution in [2.24, 2.45) is 0 Å². The number of nitrogens with one attached hydrogen (secondary N) is 2. The molecule has 1 aromatic rings. The largest absolute Gasteiger partial charge is 0.341 e. The van der Waals surface area contributed by atoms with Crippen LogP contribution in [0, 0.1) is 0 Å². The number of benzene rings is 1. The summed E-state index contributed by atoms with van der Waals surface area (Å²) in [5, 5.41) is 5.84. The molecule has 0 spiro atoms. The maximum absolute atomic E-state index is 12.0. The molecule has 6 heteroatoms. The molecule has 1 aliphatic heterocycles. The summed E-state index contributed by atoms with van der Waals surface area (Å²) in [7, 11) is 0. The zero-order valence-electron chi connectivity index (χ0n) is 11.4. The molecule has 0 bridgehead atoms. The third-order valence-corrected chi connectivity index (χ3v) is 3.45. The van der Waals surface area contributed by atoms with Crippen molar-refractivity contribution in [2.45, 2.75) is 25.8 Å². The number of hydrogen-bond acceptors (Lipinski definition) is 2.